The van der Waals surface area contributed by atoms with Gasteiger partial charge in [-0.2, -0.15) is 0 Å². The number of phenols is 2. The minimum absolute atomic E-state index is 0.0606. The molecule has 0 unspecified atom stereocenters. The van der Waals surface area contributed by atoms with Crippen LogP contribution < -0.4 is 10.9 Å². The van der Waals surface area contributed by atoms with E-state index in [0.717, 1.165) is 19.3 Å². The van der Waals surface area contributed by atoms with E-state index in [9.17, 15) is 19.8 Å². The van der Waals surface area contributed by atoms with E-state index in [2.05, 4.69) is 12.2 Å². The number of aryl methyl sites for hydroxylation is 1. The maximum Gasteiger partial charge on any atom is 0.340 e. The predicted octanol–water partition coefficient (Wildman–Crippen LogP) is 2.75. The van der Waals surface area contributed by atoms with Gasteiger partial charge in [0.15, 0.2) is 11.3 Å². The average molecular weight is 345 g/mol. The molecule has 2 atom stereocenters. The fraction of sp³-hybridized carbons (Fsp3) is 0.474. The third kappa shape index (κ3) is 3.34. The first-order valence-corrected chi connectivity index (χ1v) is 8.65. The molecule has 0 aliphatic heterocycles. The Labute approximate surface area is 145 Å². The quantitative estimate of drug-likeness (QED) is 0.587. The molecule has 1 saturated carbocycles. The van der Waals surface area contributed by atoms with Crippen LogP contribution in [0.5, 0.6) is 11.5 Å². The average Bonchev–Trinajstić information content (AvgIpc) is 2.57. The van der Waals surface area contributed by atoms with Crippen LogP contribution in [0.25, 0.3) is 11.0 Å². The van der Waals surface area contributed by atoms with Gasteiger partial charge in [-0.1, -0.05) is 19.8 Å². The molecule has 0 bridgehead atoms. The molecule has 1 fully saturated rings. The second-order valence-corrected chi connectivity index (χ2v) is 6.92. The first-order valence-electron chi connectivity index (χ1n) is 8.65. The summed E-state index contributed by atoms with van der Waals surface area (Å²) in [6, 6.07) is 3.04. The van der Waals surface area contributed by atoms with Crippen LogP contribution in [0.4, 0.5) is 0 Å². The lowest BCUT2D eigenvalue weighted by Gasteiger charge is -2.29. The van der Waals surface area contributed by atoms with E-state index in [1.807, 2.05) is 0 Å². The van der Waals surface area contributed by atoms with Gasteiger partial charge in [-0.25, -0.2) is 4.79 Å². The van der Waals surface area contributed by atoms with E-state index in [-0.39, 0.29) is 35.3 Å². The predicted molar refractivity (Wildman–Crippen MR) is 93.8 cm³/mol. The molecule has 134 valence electrons. The van der Waals surface area contributed by atoms with Crippen molar-refractivity contribution in [1.82, 2.24) is 5.32 Å². The number of hydrogen-bond acceptors (Lipinski definition) is 5. The zero-order valence-corrected chi connectivity index (χ0v) is 14.5. The van der Waals surface area contributed by atoms with E-state index < -0.39 is 11.4 Å². The summed E-state index contributed by atoms with van der Waals surface area (Å²) in [5.74, 6) is -0.584. The minimum atomic E-state index is -0.669. The van der Waals surface area contributed by atoms with Crippen LogP contribution >= 0.6 is 0 Å². The number of nitrogens with one attached hydrogen (secondary N) is 1. The van der Waals surface area contributed by atoms with E-state index in [0.29, 0.717) is 16.9 Å². The summed E-state index contributed by atoms with van der Waals surface area (Å²) >= 11 is 0. The van der Waals surface area contributed by atoms with E-state index >= 15 is 0 Å². The summed E-state index contributed by atoms with van der Waals surface area (Å²) in [5.41, 5.74) is 0.122. The first kappa shape index (κ1) is 17.3. The Kier molecular flexibility index (Phi) is 4.70. The SMILES string of the molecule is Cc1c(CC(=O)N[C@H]2CCCC[C@@H]2C)c(=O)oc2c(O)c(O)ccc12. The molecule has 1 heterocycles. The molecule has 6 nitrogen and oxygen atoms in total. The number of carbonyl (C=O) groups is 1. The third-order valence-electron chi connectivity index (χ3n) is 5.20. The molecular formula is C19H23NO5. The molecule has 1 aliphatic rings. The molecule has 1 amide bonds. The number of carbonyl (C=O) groups excluding carboxylic acids is 1. The lowest BCUT2D eigenvalue weighted by Crippen LogP contribution is -2.42. The first-order chi connectivity index (χ1) is 11.9. The number of rotatable bonds is 3. The van der Waals surface area contributed by atoms with Crippen molar-refractivity contribution in [1.29, 1.82) is 0 Å². The molecule has 3 N–H and O–H groups in total. The summed E-state index contributed by atoms with van der Waals surface area (Å²) in [6.07, 6.45) is 4.30. The van der Waals surface area contributed by atoms with Crippen molar-refractivity contribution in [3.8, 4) is 11.5 Å². The normalized spacial score (nSPS) is 20.6. The molecule has 0 saturated heterocycles. The van der Waals surface area contributed by atoms with Crippen LogP contribution in [0.1, 0.15) is 43.7 Å². The van der Waals surface area contributed by atoms with Gasteiger partial charge in [-0.3, -0.25) is 4.79 Å². The van der Waals surface area contributed by atoms with Gasteiger partial charge in [0.2, 0.25) is 11.7 Å². The number of aromatic hydroxyl groups is 2. The lowest BCUT2D eigenvalue weighted by molar-refractivity contribution is -0.121. The Morgan fingerprint density at radius 1 is 1.28 bits per heavy atom. The second-order valence-electron chi connectivity index (χ2n) is 6.92. The molecule has 1 aromatic carbocycles. The maximum atomic E-state index is 12.4. The second kappa shape index (κ2) is 6.78. The smallest absolute Gasteiger partial charge is 0.340 e. The van der Waals surface area contributed by atoms with Gasteiger partial charge >= 0.3 is 5.63 Å². The number of hydrogen-bond donors (Lipinski definition) is 3. The van der Waals surface area contributed by atoms with Gasteiger partial charge in [0.05, 0.1) is 12.0 Å². The fourth-order valence-corrected chi connectivity index (χ4v) is 3.58. The fourth-order valence-electron chi connectivity index (χ4n) is 3.58. The van der Waals surface area contributed by atoms with Crippen LogP contribution in [-0.2, 0) is 11.2 Å². The number of fused-ring (bicyclic) bond motifs is 1. The van der Waals surface area contributed by atoms with Gasteiger partial charge in [0, 0.05) is 11.4 Å². The maximum absolute atomic E-state index is 12.4. The number of amides is 1. The highest BCUT2D eigenvalue weighted by molar-refractivity contribution is 5.89. The minimum Gasteiger partial charge on any atom is -0.504 e. The number of phenolic OH excluding ortho intramolecular Hbond substituents is 2. The number of benzene rings is 1. The molecule has 0 spiro atoms. The molecule has 25 heavy (non-hydrogen) atoms. The van der Waals surface area contributed by atoms with E-state index in [1.54, 1.807) is 13.0 Å². The Balaban J connectivity index is 1.87. The zero-order chi connectivity index (χ0) is 18.1. The summed E-state index contributed by atoms with van der Waals surface area (Å²) < 4.78 is 5.15. The highest BCUT2D eigenvalue weighted by Crippen LogP contribution is 2.34. The largest absolute Gasteiger partial charge is 0.504 e. The van der Waals surface area contributed by atoms with Crippen molar-refractivity contribution in [2.45, 2.75) is 52.0 Å². The zero-order valence-electron chi connectivity index (χ0n) is 14.5. The standard InChI is InChI=1S/C19H23NO5/c1-10-5-3-4-6-14(10)20-16(22)9-13-11(2)12-7-8-15(21)17(23)18(12)25-19(13)24/h7-8,10,14,21,23H,3-6,9H2,1-2H3,(H,20,22)/t10-,14-/m0/s1. The molecule has 6 heteroatoms. The Hall–Kier alpha value is -2.50. The highest BCUT2D eigenvalue weighted by Gasteiger charge is 2.24. The topological polar surface area (TPSA) is 99.8 Å². The molecule has 1 aliphatic carbocycles. The Morgan fingerprint density at radius 2 is 2.00 bits per heavy atom. The monoisotopic (exact) mass is 345 g/mol. The molecule has 0 radical (unpaired) electrons. The van der Waals surface area contributed by atoms with Crippen molar-refractivity contribution >= 4 is 16.9 Å². The lowest BCUT2D eigenvalue weighted by atomic mass is 9.86. The molecule has 3 rings (SSSR count). The van der Waals surface area contributed by atoms with E-state index in [4.69, 9.17) is 4.42 Å². The van der Waals surface area contributed by atoms with Crippen molar-refractivity contribution in [3.63, 3.8) is 0 Å². The molecule has 2 aromatic rings. The Bertz CT molecular complexity index is 870. The van der Waals surface area contributed by atoms with Crippen LogP contribution in [0.15, 0.2) is 21.3 Å². The van der Waals surface area contributed by atoms with Crippen LogP contribution in [0.3, 0.4) is 0 Å². The van der Waals surface area contributed by atoms with Crippen LogP contribution in [-0.4, -0.2) is 22.2 Å². The third-order valence-corrected chi connectivity index (χ3v) is 5.20. The molecular weight excluding hydrogens is 322 g/mol. The summed E-state index contributed by atoms with van der Waals surface area (Å²) in [7, 11) is 0. The Morgan fingerprint density at radius 3 is 2.72 bits per heavy atom. The molecule has 1 aromatic heterocycles. The van der Waals surface area contributed by atoms with Gasteiger partial charge in [-0.15, -0.1) is 0 Å². The summed E-state index contributed by atoms with van der Waals surface area (Å²) in [4.78, 5) is 24.7. The summed E-state index contributed by atoms with van der Waals surface area (Å²) in [6.45, 7) is 3.84. The van der Waals surface area contributed by atoms with Crippen molar-refractivity contribution in [2.75, 3.05) is 0 Å². The summed E-state index contributed by atoms with van der Waals surface area (Å²) in [5, 5.41) is 22.9. The van der Waals surface area contributed by atoms with Crippen molar-refractivity contribution < 1.29 is 19.4 Å². The van der Waals surface area contributed by atoms with Gasteiger partial charge in [0.25, 0.3) is 0 Å². The van der Waals surface area contributed by atoms with Crippen molar-refractivity contribution in [3.05, 3.63) is 33.7 Å². The van der Waals surface area contributed by atoms with Crippen LogP contribution in [0.2, 0.25) is 0 Å². The van der Waals surface area contributed by atoms with Crippen molar-refractivity contribution in [2.24, 2.45) is 5.92 Å². The van der Waals surface area contributed by atoms with Gasteiger partial charge < -0.3 is 19.9 Å². The van der Waals surface area contributed by atoms with Gasteiger partial charge in [0.1, 0.15) is 0 Å². The highest BCUT2D eigenvalue weighted by atomic mass is 16.4. The van der Waals surface area contributed by atoms with Crippen LogP contribution in [0, 0.1) is 12.8 Å². The van der Waals surface area contributed by atoms with Gasteiger partial charge in [-0.05, 0) is 43.4 Å². The van der Waals surface area contributed by atoms with E-state index in [1.165, 1.54) is 12.5 Å².